The lowest BCUT2D eigenvalue weighted by molar-refractivity contribution is -0.120. The van der Waals surface area contributed by atoms with E-state index in [0.717, 1.165) is 12.1 Å². The highest BCUT2D eigenvalue weighted by Gasteiger charge is 2.41. The van der Waals surface area contributed by atoms with E-state index in [9.17, 15) is 22.8 Å². The molecule has 0 saturated carbocycles. The van der Waals surface area contributed by atoms with E-state index in [1.165, 1.54) is 4.90 Å². The zero-order valence-electron chi connectivity index (χ0n) is 15.8. The van der Waals surface area contributed by atoms with Gasteiger partial charge in [-0.3, -0.25) is 14.4 Å². The molecule has 0 bridgehead atoms. The van der Waals surface area contributed by atoms with Crippen molar-refractivity contribution in [2.75, 3.05) is 16.8 Å². The summed E-state index contributed by atoms with van der Waals surface area (Å²) in [5.41, 5.74) is 0.503. The topological polar surface area (TPSA) is 76.5 Å². The van der Waals surface area contributed by atoms with Crippen LogP contribution < -0.4 is 10.2 Å². The van der Waals surface area contributed by atoms with E-state index in [2.05, 4.69) is 10.4 Å². The fourth-order valence-electron chi connectivity index (χ4n) is 3.69. The van der Waals surface area contributed by atoms with Crippen molar-refractivity contribution in [2.45, 2.75) is 38.8 Å². The zero-order valence-corrected chi connectivity index (χ0v) is 15.8. The predicted molar refractivity (Wildman–Crippen MR) is 96.9 cm³/mol. The second kappa shape index (κ2) is 6.78. The highest BCUT2D eigenvalue weighted by molar-refractivity contribution is 5.94. The number of rotatable bonds is 3. The molecule has 0 aliphatic carbocycles. The van der Waals surface area contributed by atoms with Crippen LogP contribution in [0.25, 0.3) is 0 Å². The monoisotopic (exact) mass is 408 g/mol. The Morgan fingerprint density at radius 1 is 1.28 bits per heavy atom. The largest absolute Gasteiger partial charge is 0.441 e. The van der Waals surface area contributed by atoms with E-state index in [1.807, 2.05) is 0 Å². The number of cyclic esters (lactones) is 1. The molecule has 1 atom stereocenters. The van der Waals surface area contributed by atoms with Gasteiger partial charge in [-0.15, -0.1) is 0 Å². The van der Waals surface area contributed by atoms with Crippen LogP contribution in [-0.4, -0.2) is 33.9 Å². The standard InChI is InChI=1S/C19H19F3N4O3/c1-19(2)9-25(18(28)29-19)15-8-23-26-4-3-10(5-14(15)26)17(27)24-11-6-12(20)16(22)13(21)7-11/h6-8,10H,3-5,9H2,1-2H3,(H,24,27). The Morgan fingerprint density at radius 3 is 2.59 bits per heavy atom. The van der Waals surface area contributed by atoms with Gasteiger partial charge >= 0.3 is 6.09 Å². The van der Waals surface area contributed by atoms with Crippen LogP contribution >= 0.6 is 0 Å². The molecule has 4 rings (SSSR count). The summed E-state index contributed by atoms with van der Waals surface area (Å²) >= 11 is 0. The van der Waals surface area contributed by atoms with Crippen molar-refractivity contribution in [3.05, 3.63) is 41.5 Å². The lowest BCUT2D eigenvalue weighted by Crippen LogP contribution is -2.33. The Bertz CT molecular complexity index is 982. The first-order valence-corrected chi connectivity index (χ1v) is 9.15. The lowest BCUT2D eigenvalue weighted by Gasteiger charge is -2.25. The Balaban J connectivity index is 1.52. The van der Waals surface area contributed by atoms with E-state index in [0.29, 0.717) is 30.9 Å². The molecule has 1 saturated heterocycles. The molecule has 1 N–H and O–H groups in total. The second-order valence-corrected chi connectivity index (χ2v) is 7.85. The molecule has 0 spiro atoms. The first-order chi connectivity index (χ1) is 13.6. The van der Waals surface area contributed by atoms with Gasteiger partial charge in [0.1, 0.15) is 5.60 Å². The highest BCUT2D eigenvalue weighted by atomic mass is 19.2. The Morgan fingerprint density at radius 2 is 1.97 bits per heavy atom. The van der Waals surface area contributed by atoms with Crippen LogP contribution in [0, 0.1) is 23.4 Å². The molecule has 2 aliphatic heterocycles. The number of halogens is 3. The van der Waals surface area contributed by atoms with E-state index >= 15 is 0 Å². The Hall–Kier alpha value is -3.04. The first-order valence-electron chi connectivity index (χ1n) is 9.15. The number of hydrogen-bond acceptors (Lipinski definition) is 4. The maximum atomic E-state index is 13.4. The molecule has 1 aromatic heterocycles. The highest BCUT2D eigenvalue weighted by Crippen LogP contribution is 2.34. The van der Waals surface area contributed by atoms with Gasteiger partial charge in [-0.05, 0) is 20.3 Å². The number of nitrogens with one attached hydrogen (secondary N) is 1. The average molecular weight is 408 g/mol. The average Bonchev–Trinajstić information content (AvgIpc) is 3.18. The summed E-state index contributed by atoms with van der Waals surface area (Å²) in [6.45, 7) is 4.41. The van der Waals surface area contributed by atoms with Gasteiger partial charge in [0.15, 0.2) is 17.5 Å². The smallest absolute Gasteiger partial charge is 0.415 e. The number of carbonyl (C=O) groups excluding carboxylic acids is 2. The summed E-state index contributed by atoms with van der Waals surface area (Å²) in [5, 5.41) is 6.72. The van der Waals surface area contributed by atoms with Gasteiger partial charge in [0.25, 0.3) is 0 Å². The van der Waals surface area contributed by atoms with Crippen LogP contribution in [0.5, 0.6) is 0 Å². The molecule has 10 heteroatoms. The molecule has 0 radical (unpaired) electrons. The maximum Gasteiger partial charge on any atom is 0.415 e. The fourth-order valence-corrected chi connectivity index (χ4v) is 3.69. The third-order valence-electron chi connectivity index (χ3n) is 5.09. The van der Waals surface area contributed by atoms with Crippen LogP contribution in [0.15, 0.2) is 18.3 Å². The Kier molecular flexibility index (Phi) is 4.51. The third-order valence-corrected chi connectivity index (χ3v) is 5.09. The summed E-state index contributed by atoms with van der Waals surface area (Å²) in [5.74, 6) is -5.28. The molecule has 1 unspecified atom stereocenters. The van der Waals surface area contributed by atoms with Crippen LogP contribution in [0.3, 0.4) is 0 Å². The van der Waals surface area contributed by atoms with Gasteiger partial charge in [0.05, 0.1) is 24.1 Å². The second-order valence-electron chi connectivity index (χ2n) is 7.85. The van der Waals surface area contributed by atoms with Crippen LogP contribution in [0.2, 0.25) is 0 Å². The summed E-state index contributed by atoms with van der Waals surface area (Å²) < 4.78 is 46.9. The van der Waals surface area contributed by atoms with Crippen molar-refractivity contribution in [3.8, 4) is 0 Å². The summed E-state index contributed by atoms with van der Waals surface area (Å²) in [6, 6.07) is 1.47. The molecule has 154 valence electrons. The van der Waals surface area contributed by atoms with Crippen molar-refractivity contribution in [2.24, 2.45) is 5.92 Å². The Labute approximate surface area is 164 Å². The van der Waals surface area contributed by atoms with Gasteiger partial charge in [-0.1, -0.05) is 0 Å². The summed E-state index contributed by atoms with van der Waals surface area (Å²) in [7, 11) is 0. The van der Waals surface area contributed by atoms with Crippen LogP contribution in [0.4, 0.5) is 29.3 Å². The molecular formula is C19H19F3N4O3. The molecule has 1 fully saturated rings. The number of amides is 2. The number of ether oxygens (including phenoxy) is 1. The van der Waals surface area contributed by atoms with Crippen LogP contribution in [0.1, 0.15) is 26.0 Å². The quantitative estimate of drug-likeness (QED) is 0.792. The number of carbonyl (C=O) groups is 2. The summed E-state index contributed by atoms with van der Waals surface area (Å²) in [4.78, 5) is 26.3. The van der Waals surface area contributed by atoms with Gasteiger partial charge in [0.2, 0.25) is 5.91 Å². The van der Waals surface area contributed by atoms with Crippen molar-refractivity contribution in [3.63, 3.8) is 0 Å². The first kappa shape index (κ1) is 19.3. The lowest BCUT2D eigenvalue weighted by atomic mass is 9.94. The molecular weight excluding hydrogens is 389 g/mol. The van der Waals surface area contributed by atoms with Gasteiger partial charge in [-0.25, -0.2) is 18.0 Å². The number of nitrogens with zero attached hydrogens (tertiary/aromatic N) is 3. The number of aryl methyl sites for hydroxylation is 1. The van der Waals surface area contributed by atoms with Crippen molar-refractivity contribution < 1.29 is 27.5 Å². The van der Waals surface area contributed by atoms with Gasteiger partial charge < -0.3 is 10.1 Å². The minimum Gasteiger partial charge on any atom is -0.441 e. The molecule has 2 aromatic rings. The number of aromatic nitrogens is 2. The summed E-state index contributed by atoms with van der Waals surface area (Å²) in [6.07, 6.45) is 1.84. The molecule has 29 heavy (non-hydrogen) atoms. The number of benzene rings is 1. The minimum atomic E-state index is -1.59. The van der Waals surface area contributed by atoms with Crippen molar-refractivity contribution >= 4 is 23.4 Å². The number of anilines is 2. The zero-order chi connectivity index (χ0) is 20.9. The number of hydrogen-bond donors (Lipinski definition) is 1. The van der Waals surface area contributed by atoms with E-state index < -0.39 is 41.0 Å². The maximum absolute atomic E-state index is 13.4. The SMILES string of the molecule is CC1(C)CN(c2cnn3c2CC(C(=O)Nc2cc(F)c(F)c(F)c2)CC3)C(=O)O1. The normalized spacial score (nSPS) is 20.4. The predicted octanol–water partition coefficient (Wildman–Crippen LogP) is 3.24. The molecule has 7 nitrogen and oxygen atoms in total. The molecule has 2 amide bonds. The third kappa shape index (κ3) is 3.54. The fraction of sp³-hybridized carbons (Fsp3) is 0.421. The van der Waals surface area contributed by atoms with E-state index in [-0.39, 0.29) is 12.1 Å². The van der Waals surface area contributed by atoms with E-state index in [1.54, 1.807) is 24.7 Å². The van der Waals surface area contributed by atoms with Crippen molar-refractivity contribution in [1.29, 1.82) is 0 Å². The molecule has 1 aromatic carbocycles. The van der Waals surface area contributed by atoms with Gasteiger partial charge in [-0.2, -0.15) is 5.10 Å². The van der Waals surface area contributed by atoms with Crippen LogP contribution in [-0.2, 0) is 22.5 Å². The minimum absolute atomic E-state index is 0.157. The molecule has 3 heterocycles. The van der Waals surface area contributed by atoms with Gasteiger partial charge in [0, 0.05) is 36.7 Å². The van der Waals surface area contributed by atoms with E-state index in [4.69, 9.17) is 4.74 Å². The molecule has 2 aliphatic rings. The number of fused-ring (bicyclic) bond motifs is 1. The van der Waals surface area contributed by atoms with Crippen molar-refractivity contribution in [1.82, 2.24) is 9.78 Å².